The fraction of sp³-hybridized carbons (Fsp3) is 0.321. The smallest absolute Gasteiger partial charge is 0.258 e. The first-order valence-electron chi connectivity index (χ1n) is 12.5. The predicted octanol–water partition coefficient (Wildman–Crippen LogP) is 3.55. The van der Waals surface area contributed by atoms with Crippen LogP contribution in [0.2, 0.25) is 0 Å². The molecule has 4 N–H and O–H groups in total. The summed E-state index contributed by atoms with van der Waals surface area (Å²) in [6.45, 7) is 4.89. The van der Waals surface area contributed by atoms with Crippen molar-refractivity contribution >= 4 is 29.0 Å². The maximum atomic E-state index is 13.1. The summed E-state index contributed by atoms with van der Waals surface area (Å²) in [6, 6.07) is 12.8. The van der Waals surface area contributed by atoms with Gasteiger partial charge in [-0.2, -0.15) is 5.10 Å². The van der Waals surface area contributed by atoms with E-state index in [9.17, 15) is 14.7 Å². The molecule has 10 nitrogen and oxygen atoms in total. The Kier molecular flexibility index (Phi) is 8.65. The predicted molar refractivity (Wildman–Crippen MR) is 146 cm³/mol. The van der Waals surface area contributed by atoms with E-state index in [1.165, 1.54) is 0 Å². The van der Waals surface area contributed by atoms with Crippen LogP contribution in [0.25, 0.3) is 0 Å². The number of ether oxygens (including phenoxy) is 2. The zero-order chi connectivity index (χ0) is 27.1. The van der Waals surface area contributed by atoms with Crippen molar-refractivity contribution in [3.05, 3.63) is 71.9 Å². The number of piperidine rings is 1. The number of rotatable bonds is 10. The number of hydrogen-bond acceptors (Lipinski definition) is 7. The van der Waals surface area contributed by atoms with Crippen LogP contribution in [0.1, 0.15) is 34.5 Å². The number of anilines is 3. The standard InChI is InChI=1S/C28H33N5O5/c1-4-27(35)29-25-16-20(33-11-9-21(34)10-12-33)7-8-24(25)28(36)30-26-15-19(31-32-26)6-5-18-13-22(37-2)17-23(14-18)38-3/h4,7-8,13-17,21,34H,1,5-6,9-12H2,2-3H3,(H,29,35)(H2,30,31,32,36). The number of nitrogens with one attached hydrogen (secondary N) is 3. The Morgan fingerprint density at radius 3 is 2.45 bits per heavy atom. The molecule has 0 spiro atoms. The first kappa shape index (κ1) is 26.7. The second-order valence-electron chi connectivity index (χ2n) is 9.09. The van der Waals surface area contributed by atoms with Gasteiger partial charge in [-0.25, -0.2) is 0 Å². The van der Waals surface area contributed by atoms with Crippen molar-refractivity contribution in [1.29, 1.82) is 0 Å². The van der Waals surface area contributed by atoms with Crippen molar-refractivity contribution in [2.75, 3.05) is 42.8 Å². The number of aliphatic hydroxyl groups is 1. The summed E-state index contributed by atoms with van der Waals surface area (Å²) in [7, 11) is 3.23. The zero-order valence-corrected chi connectivity index (χ0v) is 21.6. The van der Waals surface area contributed by atoms with Crippen LogP contribution in [0, 0.1) is 0 Å². The Hall–Kier alpha value is -4.31. The second-order valence-corrected chi connectivity index (χ2v) is 9.09. The number of amides is 2. The van der Waals surface area contributed by atoms with E-state index in [1.807, 2.05) is 24.3 Å². The molecule has 1 aromatic heterocycles. The second kappa shape index (κ2) is 12.3. The monoisotopic (exact) mass is 519 g/mol. The molecular formula is C28H33N5O5. The number of carbonyl (C=O) groups is 2. The lowest BCUT2D eigenvalue weighted by Crippen LogP contribution is -2.35. The molecule has 38 heavy (non-hydrogen) atoms. The molecule has 3 aromatic rings. The molecule has 1 aliphatic rings. The van der Waals surface area contributed by atoms with Crippen LogP contribution in [0.5, 0.6) is 11.5 Å². The van der Waals surface area contributed by atoms with Crippen LogP contribution in [-0.2, 0) is 17.6 Å². The fourth-order valence-electron chi connectivity index (χ4n) is 4.37. The van der Waals surface area contributed by atoms with Gasteiger partial charge < -0.3 is 30.1 Å². The lowest BCUT2D eigenvalue weighted by atomic mass is 10.1. The van der Waals surface area contributed by atoms with Gasteiger partial charge in [0.25, 0.3) is 5.91 Å². The molecule has 0 unspecified atom stereocenters. The number of aromatic amines is 1. The Morgan fingerprint density at radius 2 is 1.79 bits per heavy atom. The minimum Gasteiger partial charge on any atom is -0.497 e. The van der Waals surface area contributed by atoms with E-state index in [1.54, 1.807) is 32.4 Å². The average molecular weight is 520 g/mol. The molecule has 1 saturated heterocycles. The summed E-state index contributed by atoms with van der Waals surface area (Å²) in [5.74, 6) is 1.01. The van der Waals surface area contributed by atoms with Gasteiger partial charge in [0.1, 0.15) is 11.5 Å². The van der Waals surface area contributed by atoms with E-state index >= 15 is 0 Å². The summed E-state index contributed by atoms with van der Waals surface area (Å²) < 4.78 is 10.7. The highest BCUT2D eigenvalue weighted by molar-refractivity contribution is 6.11. The fourth-order valence-corrected chi connectivity index (χ4v) is 4.37. The number of aryl methyl sites for hydroxylation is 2. The van der Waals surface area contributed by atoms with Gasteiger partial charge in [-0.3, -0.25) is 14.7 Å². The van der Waals surface area contributed by atoms with Gasteiger partial charge in [0.05, 0.1) is 31.6 Å². The van der Waals surface area contributed by atoms with Crippen LogP contribution in [0.3, 0.4) is 0 Å². The summed E-state index contributed by atoms with van der Waals surface area (Å²) >= 11 is 0. The number of aliphatic hydroxyl groups excluding tert-OH is 1. The number of nitrogens with zero attached hydrogens (tertiary/aromatic N) is 2. The third-order valence-corrected chi connectivity index (χ3v) is 6.49. The van der Waals surface area contributed by atoms with Crippen molar-refractivity contribution in [3.63, 3.8) is 0 Å². The maximum Gasteiger partial charge on any atom is 0.258 e. The third-order valence-electron chi connectivity index (χ3n) is 6.49. The molecule has 0 radical (unpaired) electrons. The topological polar surface area (TPSA) is 129 Å². The summed E-state index contributed by atoms with van der Waals surface area (Å²) in [4.78, 5) is 27.3. The highest BCUT2D eigenvalue weighted by atomic mass is 16.5. The Morgan fingerprint density at radius 1 is 1.08 bits per heavy atom. The average Bonchev–Trinajstić information content (AvgIpc) is 3.38. The number of carbonyl (C=O) groups excluding carboxylic acids is 2. The van der Waals surface area contributed by atoms with Crippen LogP contribution in [0.15, 0.2) is 55.1 Å². The third kappa shape index (κ3) is 6.71. The van der Waals surface area contributed by atoms with Crippen LogP contribution < -0.4 is 25.0 Å². The van der Waals surface area contributed by atoms with Crippen LogP contribution >= 0.6 is 0 Å². The van der Waals surface area contributed by atoms with Crippen molar-refractivity contribution in [2.45, 2.75) is 31.8 Å². The Balaban J connectivity index is 1.45. The first-order valence-corrected chi connectivity index (χ1v) is 12.5. The van der Waals surface area contributed by atoms with Crippen molar-refractivity contribution in [3.8, 4) is 11.5 Å². The molecule has 0 atom stereocenters. The normalized spacial score (nSPS) is 13.6. The SMILES string of the molecule is C=CC(=O)Nc1cc(N2CCC(O)CC2)ccc1C(=O)Nc1cc(CCc2cc(OC)cc(OC)c2)[nH]n1. The van der Waals surface area contributed by atoms with E-state index in [2.05, 4.69) is 32.3 Å². The molecule has 0 aliphatic carbocycles. The number of hydrogen-bond donors (Lipinski definition) is 4. The number of benzene rings is 2. The van der Waals surface area contributed by atoms with Crippen molar-refractivity contribution < 1.29 is 24.2 Å². The van der Waals surface area contributed by atoms with E-state index < -0.39 is 11.8 Å². The van der Waals surface area contributed by atoms with Gasteiger partial charge in [-0.15, -0.1) is 0 Å². The van der Waals surface area contributed by atoms with Gasteiger partial charge >= 0.3 is 0 Å². The molecule has 0 bridgehead atoms. The van der Waals surface area contributed by atoms with Gasteiger partial charge in [-0.05, 0) is 67.7 Å². The highest BCUT2D eigenvalue weighted by Crippen LogP contribution is 2.28. The highest BCUT2D eigenvalue weighted by Gasteiger charge is 2.20. The minimum absolute atomic E-state index is 0.298. The molecule has 0 saturated carbocycles. The van der Waals surface area contributed by atoms with Gasteiger partial charge in [0, 0.05) is 36.6 Å². The molecule has 2 aromatic carbocycles. The molecular weight excluding hydrogens is 486 g/mol. The summed E-state index contributed by atoms with van der Waals surface area (Å²) in [5.41, 5.74) is 3.44. The molecule has 1 fully saturated rings. The molecule has 10 heteroatoms. The molecule has 200 valence electrons. The van der Waals surface area contributed by atoms with Crippen LogP contribution in [0.4, 0.5) is 17.2 Å². The molecule has 1 aliphatic heterocycles. The van der Waals surface area contributed by atoms with Crippen LogP contribution in [-0.4, -0.2) is 60.5 Å². The lowest BCUT2D eigenvalue weighted by molar-refractivity contribution is -0.111. The van der Waals surface area contributed by atoms with E-state index in [0.717, 1.165) is 40.9 Å². The number of aromatic nitrogens is 2. The van der Waals surface area contributed by atoms with Crippen molar-refractivity contribution in [2.24, 2.45) is 0 Å². The minimum atomic E-state index is -0.415. The largest absolute Gasteiger partial charge is 0.497 e. The quantitative estimate of drug-likeness (QED) is 0.302. The van der Waals surface area contributed by atoms with Gasteiger partial charge in [-0.1, -0.05) is 6.58 Å². The molecule has 2 amide bonds. The van der Waals surface area contributed by atoms with Gasteiger partial charge in [0.2, 0.25) is 5.91 Å². The van der Waals surface area contributed by atoms with E-state index in [4.69, 9.17) is 9.47 Å². The lowest BCUT2D eigenvalue weighted by Gasteiger charge is -2.32. The van der Waals surface area contributed by atoms with Gasteiger partial charge in [0.15, 0.2) is 5.82 Å². The molecule has 4 rings (SSSR count). The van der Waals surface area contributed by atoms with E-state index in [-0.39, 0.29) is 6.10 Å². The zero-order valence-electron chi connectivity index (χ0n) is 21.6. The first-order chi connectivity index (χ1) is 18.4. The summed E-state index contributed by atoms with van der Waals surface area (Å²) in [6.07, 6.45) is 3.58. The Labute approximate surface area is 221 Å². The molecule has 2 heterocycles. The maximum absolute atomic E-state index is 13.1. The number of H-pyrrole nitrogens is 1. The van der Waals surface area contributed by atoms with E-state index in [0.29, 0.717) is 49.4 Å². The summed E-state index contributed by atoms with van der Waals surface area (Å²) in [5, 5.41) is 22.5. The Bertz CT molecular complexity index is 1270. The number of methoxy groups -OCH3 is 2. The van der Waals surface area contributed by atoms with Crippen molar-refractivity contribution in [1.82, 2.24) is 10.2 Å².